The van der Waals surface area contributed by atoms with Crippen molar-refractivity contribution in [2.75, 3.05) is 0 Å². The molecule has 0 aliphatic heterocycles. The first-order chi connectivity index (χ1) is 9.42. The number of aromatic amines is 1. The summed E-state index contributed by atoms with van der Waals surface area (Å²) in [5.74, 6) is 0. The van der Waals surface area contributed by atoms with Crippen molar-refractivity contribution in [1.29, 1.82) is 0 Å². The second-order valence-electron chi connectivity index (χ2n) is 5.58. The Morgan fingerprint density at radius 2 is 1.53 bits per heavy atom. The number of para-hydroxylation sites is 1. The van der Waals surface area contributed by atoms with Crippen LogP contribution in [0.1, 0.15) is 63.9 Å². The van der Waals surface area contributed by atoms with Crippen LogP contribution in [-0.4, -0.2) is 4.98 Å². The molecule has 0 atom stereocenters. The predicted molar refractivity (Wildman–Crippen MR) is 84.6 cm³/mol. The Labute approximate surface area is 117 Å². The molecular weight excluding hydrogens is 230 g/mol. The van der Waals surface area contributed by atoms with Gasteiger partial charge in [0.05, 0.1) is 0 Å². The lowest BCUT2D eigenvalue weighted by Crippen LogP contribution is -1.85. The van der Waals surface area contributed by atoms with Crippen LogP contribution in [0.5, 0.6) is 0 Å². The number of H-pyrrole nitrogens is 1. The minimum Gasteiger partial charge on any atom is -0.361 e. The Morgan fingerprint density at radius 1 is 0.842 bits per heavy atom. The molecule has 0 aliphatic carbocycles. The first-order valence-electron chi connectivity index (χ1n) is 7.97. The zero-order valence-electron chi connectivity index (χ0n) is 12.3. The van der Waals surface area contributed by atoms with Crippen molar-refractivity contribution in [2.24, 2.45) is 0 Å². The van der Waals surface area contributed by atoms with Crippen LogP contribution in [0.4, 0.5) is 0 Å². The molecule has 2 rings (SSSR count). The summed E-state index contributed by atoms with van der Waals surface area (Å²) in [6.45, 7) is 2.28. The van der Waals surface area contributed by atoms with Crippen LogP contribution in [0.2, 0.25) is 0 Å². The first-order valence-corrected chi connectivity index (χ1v) is 7.97. The van der Waals surface area contributed by atoms with Crippen LogP contribution in [0.3, 0.4) is 0 Å². The number of rotatable bonds is 9. The lowest BCUT2D eigenvalue weighted by atomic mass is 10.0. The molecule has 1 nitrogen and oxygen atoms in total. The van der Waals surface area contributed by atoms with Gasteiger partial charge in [0.25, 0.3) is 0 Å². The van der Waals surface area contributed by atoms with E-state index in [1.54, 1.807) is 0 Å². The molecule has 0 saturated carbocycles. The highest BCUT2D eigenvalue weighted by molar-refractivity contribution is 5.82. The van der Waals surface area contributed by atoms with Crippen molar-refractivity contribution in [2.45, 2.75) is 64.7 Å². The maximum atomic E-state index is 3.36. The van der Waals surface area contributed by atoms with Gasteiger partial charge in [-0.15, -0.1) is 0 Å². The number of aromatic nitrogens is 1. The predicted octanol–water partition coefficient (Wildman–Crippen LogP) is 5.85. The molecule has 0 radical (unpaired) electrons. The number of aryl methyl sites for hydroxylation is 1. The van der Waals surface area contributed by atoms with Crippen LogP contribution in [0, 0.1) is 0 Å². The number of hydrogen-bond acceptors (Lipinski definition) is 0. The lowest BCUT2D eigenvalue weighted by Gasteiger charge is -2.01. The Morgan fingerprint density at radius 3 is 2.32 bits per heavy atom. The monoisotopic (exact) mass is 257 g/mol. The van der Waals surface area contributed by atoms with Gasteiger partial charge < -0.3 is 4.98 Å². The summed E-state index contributed by atoms with van der Waals surface area (Å²) in [6.07, 6.45) is 14.6. The smallest absolute Gasteiger partial charge is 0.0456 e. The number of benzene rings is 1. The molecule has 1 N–H and O–H groups in total. The first kappa shape index (κ1) is 14.2. The lowest BCUT2D eigenvalue weighted by molar-refractivity contribution is 0.576. The number of fused-ring (bicyclic) bond motifs is 1. The van der Waals surface area contributed by atoms with E-state index in [-0.39, 0.29) is 0 Å². The van der Waals surface area contributed by atoms with Crippen LogP contribution in [-0.2, 0) is 6.42 Å². The van der Waals surface area contributed by atoms with Gasteiger partial charge in [0.1, 0.15) is 0 Å². The molecule has 0 aliphatic rings. The molecule has 1 aromatic heterocycles. The highest BCUT2D eigenvalue weighted by atomic mass is 14.7. The molecule has 0 spiro atoms. The fourth-order valence-corrected chi connectivity index (χ4v) is 2.79. The molecule has 19 heavy (non-hydrogen) atoms. The third-order valence-corrected chi connectivity index (χ3v) is 3.97. The fraction of sp³-hybridized carbons (Fsp3) is 0.556. The molecule has 0 unspecified atom stereocenters. The zero-order chi connectivity index (χ0) is 13.3. The van der Waals surface area contributed by atoms with E-state index in [4.69, 9.17) is 0 Å². The van der Waals surface area contributed by atoms with Gasteiger partial charge in [-0.2, -0.15) is 0 Å². The van der Waals surface area contributed by atoms with E-state index in [0.29, 0.717) is 0 Å². The minimum absolute atomic E-state index is 1.22. The second-order valence-corrected chi connectivity index (χ2v) is 5.58. The molecule has 2 aromatic rings. The summed E-state index contributed by atoms with van der Waals surface area (Å²) in [7, 11) is 0. The summed E-state index contributed by atoms with van der Waals surface area (Å²) in [5, 5.41) is 1.41. The Balaban J connectivity index is 1.63. The molecule has 0 saturated heterocycles. The van der Waals surface area contributed by atoms with Crippen LogP contribution < -0.4 is 0 Å². The van der Waals surface area contributed by atoms with E-state index in [0.717, 1.165) is 0 Å². The highest BCUT2D eigenvalue weighted by Crippen LogP contribution is 2.20. The highest BCUT2D eigenvalue weighted by Gasteiger charge is 2.02. The largest absolute Gasteiger partial charge is 0.361 e. The second kappa shape index (κ2) is 8.04. The zero-order valence-corrected chi connectivity index (χ0v) is 12.3. The Bertz CT molecular complexity index is 469. The van der Waals surface area contributed by atoms with Crippen LogP contribution in [0.15, 0.2) is 30.5 Å². The molecule has 104 valence electrons. The quantitative estimate of drug-likeness (QED) is 0.542. The van der Waals surface area contributed by atoms with Gasteiger partial charge in [0.2, 0.25) is 0 Å². The Kier molecular flexibility index (Phi) is 6.00. The normalized spacial score (nSPS) is 11.2. The average Bonchev–Trinajstić information content (AvgIpc) is 2.85. The molecule has 1 heteroatoms. The van der Waals surface area contributed by atoms with Crippen molar-refractivity contribution in [1.82, 2.24) is 4.98 Å². The van der Waals surface area contributed by atoms with E-state index >= 15 is 0 Å². The van der Waals surface area contributed by atoms with Gasteiger partial charge in [-0.25, -0.2) is 0 Å². The SMILES string of the molecule is CCCCCCCCCCc1c[nH]c2ccccc12. The van der Waals surface area contributed by atoms with Gasteiger partial charge in [-0.1, -0.05) is 70.1 Å². The van der Waals surface area contributed by atoms with Gasteiger partial charge in [-0.05, 0) is 24.5 Å². The van der Waals surface area contributed by atoms with Crippen molar-refractivity contribution in [3.8, 4) is 0 Å². The Hall–Kier alpha value is -1.24. The van der Waals surface area contributed by atoms with Crippen LogP contribution in [0.25, 0.3) is 10.9 Å². The van der Waals surface area contributed by atoms with Crippen molar-refractivity contribution in [3.63, 3.8) is 0 Å². The standard InChI is InChI=1S/C18H27N/c1-2-3-4-5-6-7-8-9-12-16-15-19-18-14-11-10-13-17(16)18/h10-11,13-15,19H,2-9,12H2,1H3. The molecular formula is C18H27N. The third kappa shape index (κ3) is 4.41. The van der Waals surface area contributed by atoms with Crippen molar-refractivity contribution in [3.05, 3.63) is 36.0 Å². The fourth-order valence-electron chi connectivity index (χ4n) is 2.79. The molecule has 0 fully saturated rings. The number of nitrogens with one attached hydrogen (secondary N) is 1. The summed E-state index contributed by atoms with van der Waals surface area (Å²) in [6, 6.07) is 8.62. The molecule has 1 aromatic carbocycles. The maximum Gasteiger partial charge on any atom is 0.0456 e. The van der Waals surface area contributed by atoms with Crippen molar-refractivity contribution < 1.29 is 0 Å². The minimum atomic E-state index is 1.22. The summed E-state index contributed by atoms with van der Waals surface area (Å²) >= 11 is 0. The van der Waals surface area contributed by atoms with E-state index in [2.05, 4.69) is 42.4 Å². The molecule has 1 heterocycles. The summed E-state index contributed by atoms with van der Waals surface area (Å²) < 4.78 is 0. The topological polar surface area (TPSA) is 15.8 Å². The third-order valence-electron chi connectivity index (χ3n) is 3.97. The summed E-state index contributed by atoms with van der Waals surface area (Å²) in [5.41, 5.74) is 2.76. The van der Waals surface area contributed by atoms with Crippen LogP contribution >= 0.6 is 0 Å². The maximum absolute atomic E-state index is 3.36. The van der Waals surface area contributed by atoms with Gasteiger partial charge in [-0.3, -0.25) is 0 Å². The molecule has 0 amide bonds. The van der Waals surface area contributed by atoms with Crippen molar-refractivity contribution >= 4 is 10.9 Å². The summed E-state index contributed by atoms with van der Waals surface area (Å²) in [4.78, 5) is 3.36. The van der Waals surface area contributed by atoms with E-state index in [1.807, 2.05) is 0 Å². The van der Waals surface area contributed by atoms with Gasteiger partial charge in [0.15, 0.2) is 0 Å². The van der Waals surface area contributed by atoms with E-state index < -0.39 is 0 Å². The van der Waals surface area contributed by atoms with Gasteiger partial charge in [0, 0.05) is 17.1 Å². The number of unbranched alkanes of at least 4 members (excludes halogenated alkanes) is 7. The number of hydrogen-bond donors (Lipinski definition) is 1. The average molecular weight is 257 g/mol. The van der Waals surface area contributed by atoms with E-state index in [9.17, 15) is 0 Å². The molecule has 0 bridgehead atoms. The van der Waals surface area contributed by atoms with Gasteiger partial charge >= 0.3 is 0 Å². The van der Waals surface area contributed by atoms with E-state index in [1.165, 1.54) is 74.3 Å².